The molecule has 1 aromatic heterocycles. The highest BCUT2D eigenvalue weighted by atomic mass is 32.2. The summed E-state index contributed by atoms with van der Waals surface area (Å²) in [5, 5.41) is 15.5. The summed E-state index contributed by atoms with van der Waals surface area (Å²) in [6.07, 6.45) is 1.72. The molecule has 2 N–H and O–H groups in total. The number of carbonyl (C=O) groups is 2. The maximum atomic E-state index is 12.2. The first-order chi connectivity index (χ1) is 13.6. The molecule has 0 unspecified atom stereocenters. The van der Waals surface area contributed by atoms with E-state index in [2.05, 4.69) is 16.7 Å². The Kier molecular flexibility index (Phi) is 6.40. The van der Waals surface area contributed by atoms with Gasteiger partial charge in [-0.05, 0) is 29.8 Å². The molecule has 7 nitrogen and oxygen atoms in total. The SMILES string of the molecule is COc1ccc([C@@H]2CC(=O)NC(SCC(=O)NCc3ccco3)=C2C#N)cc1. The first-order valence-corrected chi connectivity index (χ1v) is 9.59. The maximum absolute atomic E-state index is 12.2. The Balaban J connectivity index is 1.69. The van der Waals surface area contributed by atoms with E-state index in [1.807, 2.05) is 12.1 Å². The molecule has 2 amide bonds. The van der Waals surface area contributed by atoms with Gasteiger partial charge in [-0.2, -0.15) is 5.26 Å². The van der Waals surface area contributed by atoms with Gasteiger partial charge in [-0.3, -0.25) is 9.59 Å². The summed E-state index contributed by atoms with van der Waals surface area (Å²) in [7, 11) is 1.58. The minimum atomic E-state index is -0.349. The van der Waals surface area contributed by atoms with Crippen molar-refractivity contribution in [3.05, 3.63) is 64.6 Å². The van der Waals surface area contributed by atoms with Crippen molar-refractivity contribution in [2.45, 2.75) is 18.9 Å². The van der Waals surface area contributed by atoms with E-state index in [1.54, 1.807) is 31.4 Å². The number of benzene rings is 1. The third-order valence-electron chi connectivity index (χ3n) is 4.26. The molecule has 0 saturated carbocycles. The monoisotopic (exact) mass is 397 g/mol. The molecular formula is C20H19N3O4S. The maximum Gasteiger partial charge on any atom is 0.230 e. The van der Waals surface area contributed by atoms with Crippen molar-refractivity contribution in [3.8, 4) is 11.8 Å². The Morgan fingerprint density at radius 2 is 2.18 bits per heavy atom. The lowest BCUT2D eigenvalue weighted by molar-refractivity contribution is -0.121. The average molecular weight is 397 g/mol. The topological polar surface area (TPSA) is 104 Å². The fourth-order valence-corrected chi connectivity index (χ4v) is 3.75. The van der Waals surface area contributed by atoms with Gasteiger partial charge in [0.15, 0.2) is 0 Å². The van der Waals surface area contributed by atoms with Crippen molar-refractivity contribution in [1.82, 2.24) is 10.6 Å². The van der Waals surface area contributed by atoms with E-state index in [4.69, 9.17) is 9.15 Å². The fraction of sp³-hybridized carbons (Fsp3) is 0.250. The number of ether oxygens (including phenoxy) is 1. The lowest BCUT2D eigenvalue weighted by Crippen LogP contribution is -2.32. The molecule has 1 aromatic carbocycles. The molecule has 28 heavy (non-hydrogen) atoms. The average Bonchev–Trinajstić information content (AvgIpc) is 3.24. The van der Waals surface area contributed by atoms with Gasteiger partial charge in [-0.1, -0.05) is 23.9 Å². The molecule has 2 aromatic rings. The first kappa shape index (κ1) is 19.6. The van der Waals surface area contributed by atoms with Crippen LogP contribution in [0.2, 0.25) is 0 Å². The van der Waals surface area contributed by atoms with Crippen LogP contribution in [-0.2, 0) is 16.1 Å². The minimum absolute atomic E-state index is 0.0802. The van der Waals surface area contributed by atoms with Gasteiger partial charge >= 0.3 is 0 Å². The fourth-order valence-electron chi connectivity index (χ4n) is 2.84. The second kappa shape index (κ2) is 9.15. The van der Waals surface area contributed by atoms with Gasteiger partial charge < -0.3 is 19.8 Å². The molecule has 0 bridgehead atoms. The summed E-state index contributed by atoms with van der Waals surface area (Å²) in [6, 6.07) is 13.0. The van der Waals surface area contributed by atoms with Crippen LogP contribution in [0.15, 0.2) is 57.7 Å². The van der Waals surface area contributed by atoms with Crippen LogP contribution in [0.5, 0.6) is 5.75 Å². The molecule has 0 saturated heterocycles. The molecule has 0 radical (unpaired) electrons. The predicted molar refractivity (Wildman–Crippen MR) is 104 cm³/mol. The van der Waals surface area contributed by atoms with Gasteiger partial charge in [0.2, 0.25) is 11.8 Å². The summed E-state index contributed by atoms with van der Waals surface area (Å²) in [6.45, 7) is 0.289. The lowest BCUT2D eigenvalue weighted by atomic mass is 9.87. The number of nitriles is 1. The summed E-state index contributed by atoms with van der Waals surface area (Å²) in [4.78, 5) is 24.2. The van der Waals surface area contributed by atoms with E-state index in [-0.39, 0.29) is 36.5 Å². The molecule has 1 aliphatic heterocycles. The van der Waals surface area contributed by atoms with Crippen molar-refractivity contribution in [3.63, 3.8) is 0 Å². The van der Waals surface area contributed by atoms with Gasteiger partial charge in [0, 0.05) is 12.3 Å². The first-order valence-electron chi connectivity index (χ1n) is 8.60. The number of nitrogens with one attached hydrogen (secondary N) is 2. The van der Waals surface area contributed by atoms with Crippen molar-refractivity contribution in [1.29, 1.82) is 5.26 Å². The quantitative estimate of drug-likeness (QED) is 0.744. The largest absolute Gasteiger partial charge is 0.497 e. The van der Waals surface area contributed by atoms with Gasteiger partial charge in [0.05, 0.1) is 42.3 Å². The van der Waals surface area contributed by atoms with Gasteiger partial charge in [0.25, 0.3) is 0 Å². The van der Waals surface area contributed by atoms with Crippen molar-refractivity contribution in [2.75, 3.05) is 12.9 Å². The Labute approximate surface area is 166 Å². The van der Waals surface area contributed by atoms with Crippen LogP contribution in [-0.4, -0.2) is 24.7 Å². The lowest BCUT2D eigenvalue weighted by Gasteiger charge is -2.25. The number of nitrogens with zero attached hydrogens (tertiary/aromatic N) is 1. The van der Waals surface area contributed by atoms with Crippen LogP contribution in [0.25, 0.3) is 0 Å². The summed E-state index contributed by atoms with van der Waals surface area (Å²) in [5.74, 6) is 0.690. The number of furan rings is 1. The molecule has 0 spiro atoms. The highest BCUT2D eigenvalue weighted by Crippen LogP contribution is 2.36. The number of methoxy groups -OCH3 is 1. The standard InChI is InChI=1S/C20H19N3O4S/c1-26-14-6-4-13(5-7-14)16-9-18(24)23-20(17(16)10-21)28-12-19(25)22-11-15-3-2-8-27-15/h2-8,16H,9,11-12H2,1H3,(H,22,25)(H,23,24)/t16-/m0/s1. The van der Waals surface area contributed by atoms with Crippen molar-refractivity contribution < 1.29 is 18.7 Å². The van der Waals surface area contributed by atoms with E-state index < -0.39 is 0 Å². The molecular weight excluding hydrogens is 378 g/mol. The van der Waals surface area contributed by atoms with Crippen molar-refractivity contribution in [2.24, 2.45) is 0 Å². The van der Waals surface area contributed by atoms with Crippen LogP contribution < -0.4 is 15.4 Å². The highest BCUT2D eigenvalue weighted by molar-refractivity contribution is 8.03. The van der Waals surface area contributed by atoms with Gasteiger partial charge in [-0.25, -0.2) is 0 Å². The zero-order valence-electron chi connectivity index (χ0n) is 15.2. The van der Waals surface area contributed by atoms with Crippen LogP contribution >= 0.6 is 11.8 Å². The minimum Gasteiger partial charge on any atom is -0.497 e. The second-order valence-corrected chi connectivity index (χ2v) is 7.06. The highest BCUT2D eigenvalue weighted by Gasteiger charge is 2.29. The van der Waals surface area contributed by atoms with Crippen molar-refractivity contribution >= 4 is 23.6 Å². The van der Waals surface area contributed by atoms with Gasteiger partial charge in [0.1, 0.15) is 11.5 Å². The molecule has 144 valence electrons. The van der Waals surface area contributed by atoms with E-state index in [1.165, 1.54) is 6.26 Å². The molecule has 3 rings (SSSR count). The molecule has 8 heteroatoms. The molecule has 1 aliphatic rings. The number of hydrogen-bond acceptors (Lipinski definition) is 6. The molecule has 1 atom stereocenters. The van der Waals surface area contributed by atoms with Crippen LogP contribution in [0.1, 0.15) is 23.7 Å². The number of allylic oxidation sites excluding steroid dienone is 1. The molecule has 0 fully saturated rings. The number of amides is 2. The third-order valence-corrected chi connectivity index (χ3v) is 5.28. The van der Waals surface area contributed by atoms with Crippen LogP contribution in [0.4, 0.5) is 0 Å². The smallest absolute Gasteiger partial charge is 0.230 e. The van der Waals surface area contributed by atoms with Crippen LogP contribution in [0.3, 0.4) is 0 Å². The number of rotatable bonds is 7. The van der Waals surface area contributed by atoms with Crippen LogP contribution in [0, 0.1) is 11.3 Å². The summed E-state index contributed by atoms with van der Waals surface area (Å²) in [5.41, 5.74) is 1.31. The summed E-state index contributed by atoms with van der Waals surface area (Å²) >= 11 is 1.14. The third kappa shape index (κ3) is 4.75. The van der Waals surface area contributed by atoms with E-state index in [0.717, 1.165) is 17.3 Å². The Bertz CT molecular complexity index is 914. The zero-order chi connectivity index (χ0) is 19.9. The number of hydrogen-bond donors (Lipinski definition) is 2. The summed E-state index contributed by atoms with van der Waals surface area (Å²) < 4.78 is 10.3. The second-order valence-electron chi connectivity index (χ2n) is 6.08. The molecule has 0 aliphatic carbocycles. The normalized spacial score (nSPS) is 16.3. The predicted octanol–water partition coefficient (Wildman–Crippen LogP) is 2.68. The zero-order valence-corrected chi connectivity index (χ0v) is 16.0. The number of thioether (sulfide) groups is 1. The van der Waals surface area contributed by atoms with Gasteiger partial charge in [-0.15, -0.1) is 0 Å². The molecule has 2 heterocycles. The number of carbonyl (C=O) groups excluding carboxylic acids is 2. The Morgan fingerprint density at radius 3 is 2.82 bits per heavy atom. The van der Waals surface area contributed by atoms with E-state index in [9.17, 15) is 14.9 Å². The Morgan fingerprint density at radius 1 is 1.39 bits per heavy atom. The Hall–Kier alpha value is -3.18. The van der Waals surface area contributed by atoms with E-state index in [0.29, 0.717) is 22.1 Å². The van der Waals surface area contributed by atoms with E-state index >= 15 is 0 Å².